The molecule has 2 atom stereocenters. The van der Waals surface area contributed by atoms with Crippen LogP contribution in [0.25, 0.3) is 0 Å². The van der Waals surface area contributed by atoms with Gasteiger partial charge in [-0.3, -0.25) is 19.4 Å². The molecule has 256 valence electrons. The van der Waals surface area contributed by atoms with Crippen molar-refractivity contribution in [2.24, 2.45) is 5.92 Å². The van der Waals surface area contributed by atoms with E-state index < -0.39 is 41.1 Å². The average Bonchev–Trinajstić information content (AvgIpc) is 2.88. The lowest BCUT2D eigenvalue weighted by atomic mass is 9.77. The number of piperidine rings is 2. The summed E-state index contributed by atoms with van der Waals surface area (Å²) in [4.78, 5) is 33.0. The zero-order valence-electron chi connectivity index (χ0n) is 31.4. The van der Waals surface area contributed by atoms with Crippen LogP contribution in [-0.2, 0) is 36.3 Å². The number of phenolic OH excluding ortho intramolecular Hbond substituents is 1. The van der Waals surface area contributed by atoms with Gasteiger partial charge >= 0.3 is 11.9 Å². The fraction of sp³-hybridized carbons (Fsp3) is 0.789. The van der Waals surface area contributed by atoms with Crippen molar-refractivity contribution in [1.29, 1.82) is 0 Å². The minimum absolute atomic E-state index is 0.000534. The van der Waals surface area contributed by atoms with Crippen LogP contribution in [0.3, 0.4) is 0 Å². The predicted octanol–water partition coefficient (Wildman–Crippen LogP) is 7.54. The molecular weight excluding hydrogens is 564 g/mol. The van der Waals surface area contributed by atoms with E-state index in [1.165, 1.54) is 0 Å². The van der Waals surface area contributed by atoms with E-state index in [1.807, 2.05) is 6.07 Å². The van der Waals surface area contributed by atoms with E-state index in [2.05, 4.69) is 127 Å². The molecular formula is C38H64N2O5. The van der Waals surface area contributed by atoms with E-state index in [0.717, 1.165) is 24.0 Å². The van der Waals surface area contributed by atoms with Crippen LogP contribution in [0.1, 0.15) is 139 Å². The highest BCUT2D eigenvalue weighted by Crippen LogP contribution is 2.42. The van der Waals surface area contributed by atoms with Crippen LogP contribution >= 0.6 is 0 Å². The molecule has 1 aromatic rings. The Balaban J connectivity index is 2.05. The van der Waals surface area contributed by atoms with Crippen molar-refractivity contribution >= 4 is 11.9 Å². The lowest BCUT2D eigenvalue weighted by molar-refractivity contribution is -0.185. The quantitative estimate of drug-likeness (QED) is 0.258. The second-order valence-corrected chi connectivity index (χ2v) is 18.3. The molecule has 0 spiro atoms. The van der Waals surface area contributed by atoms with Crippen LogP contribution in [0, 0.1) is 5.92 Å². The van der Waals surface area contributed by atoms with E-state index in [-0.39, 0.29) is 34.1 Å². The molecule has 7 nitrogen and oxygen atoms in total. The first kappa shape index (κ1) is 37.3. The number of aromatic hydroxyl groups is 1. The number of benzene rings is 1. The monoisotopic (exact) mass is 628 g/mol. The van der Waals surface area contributed by atoms with Crippen molar-refractivity contribution in [3.05, 3.63) is 28.8 Å². The van der Waals surface area contributed by atoms with Crippen molar-refractivity contribution in [3.8, 4) is 5.75 Å². The Bertz CT molecular complexity index is 1210. The maximum atomic E-state index is 14.2. The Morgan fingerprint density at radius 1 is 0.778 bits per heavy atom. The van der Waals surface area contributed by atoms with E-state index in [9.17, 15) is 14.7 Å². The minimum atomic E-state index is -1.22. The maximum absolute atomic E-state index is 14.2. The van der Waals surface area contributed by atoms with Gasteiger partial charge in [-0.15, -0.1) is 0 Å². The summed E-state index contributed by atoms with van der Waals surface area (Å²) < 4.78 is 12.6. The van der Waals surface area contributed by atoms with Gasteiger partial charge in [-0.25, -0.2) is 0 Å². The number of nitrogens with zero attached hydrogens (tertiary/aromatic N) is 2. The highest BCUT2D eigenvalue weighted by molar-refractivity contribution is 5.95. The normalized spacial score (nSPS) is 25.8. The molecule has 2 heterocycles. The summed E-state index contributed by atoms with van der Waals surface area (Å²) in [6.07, 6.45) is 2.34. The Morgan fingerprint density at radius 3 is 1.53 bits per heavy atom. The number of hydrogen-bond acceptors (Lipinski definition) is 7. The van der Waals surface area contributed by atoms with Gasteiger partial charge in [0.1, 0.15) is 18.0 Å². The zero-order valence-corrected chi connectivity index (χ0v) is 31.4. The minimum Gasteiger partial charge on any atom is -0.507 e. The molecule has 0 amide bonds. The third-order valence-electron chi connectivity index (χ3n) is 11.5. The van der Waals surface area contributed by atoms with Gasteiger partial charge in [-0.1, -0.05) is 53.7 Å². The van der Waals surface area contributed by atoms with Crippen LogP contribution in [0.4, 0.5) is 0 Å². The molecule has 0 saturated carbocycles. The number of hydrogen-bond donors (Lipinski definition) is 1. The molecule has 0 bridgehead atoms. The predicted molar refractivity (Wildman–Crippen MR) is 183 cm³/mol. The van der Waals surface area contributed by atoms with Gasteiger partial charge in [0, 0.05) is 11.1 Å². The van der Waals surface area contributed by atoms with Gasteiger partial charge in [0.2, 0.25) is 0 Å². The summed E-state index contributed by atoms with van der Waals surface area (Å²) in [6, 6.07) is 3.99. The molecule has 2 fully saturated rings. The second kappa shape index (κ2) is 12.2. The second-order valence-electron chi connectivity index (χ2n) is 18.3. The SMILES string of the molecule is CN1C(C)(C)CCC(OC(=O)C(Cc2cc(C(C)(C)C)cc(C(C)(C)C)c2O)C(=O)OC2CCC(C)(C)N(C)C2(C)C)C1(C)C. The first-order chi connectivity index (χ1) is 20.1. The number of ether oxygens (including phenoxy) is 2. The summed E-state index contributed by atoms with van der Waals surface area (Å²) in [7, 11) is 4.14. The Labute approximate surface area is 274 Å². The van der Waals surface area contributed by atoms with Gasteiger partial charge in [0.15, 0.2) is 5.92 Å². The number of likely N-dealkylation sites (tertiary alicyclic amines) is 2. The van der Waals surface area contributed by atoms with E-state index >= 15 is 0 Å². The van der Waals surface area contributed by atoms with Crippen molar-refractivity contribution in [1.82, 2.24) is 9.80 Å². The highest BCUT2D eigenvalue weighted by Gasteiger charge is 2.50. The van der Waals surface area contributed by atoms with E-state index in [4.69, 9.17) is 9.47 Å². The van der Waals surface area contributed by atoms with Crippen molar-refractivity contribution in [2.75, 3.05) is 14.1 Å². The van der Waals surface area contributed by atoms with Crippen LogP contribution < -0.4 is 0 Å². The molecule has 0 aromatic heterocycles. The summed E-state index contributed by atoms with van der Waals surface area (Å²) in [5, 5.41) is 11.6. The van der Waals surface area contributed by atoms with Crippen molar-refractivity contribution in [2.45, 2.75) is 174 Å². The number of esters is 2. The maximum Gasteiger partial charge on any atom is 0.321 e. The molecule has 2 saturated heterocycles. The molecule has 2 aliphatic heterocycles. The largest absolute Gasteiger partial charge is 0.507 e. The molecule has 2 unspecified atom stereocenters. The molecule has 0 aliphatic carbocycles. The number of phenols is 1. The third-order valence-corrected chi connectivity index (χ3v) is 11.5. The first-order valence-electron chi connectivity index (χ1n) is 16.9. The fourth-order valence-electron chi connectivity index (χ4n) is 7.19. The smallest absolute Gasteiger partial charge is 0.321 e. The van der Waals surface area contributed by atoms with Crippen molar-refractivity contribution < 1.29 is 24.2 Å². The fourth-order valence-corrected chi connectivity index (χ4v) is 7.19. The van der Waals surface area contributed by atoms with Crippen LogP contribution in [-0.4, -0.2) is 75.3 Å². The van der Waals surface area contributed by atoms with E-state index in [1.54, 1.807) is 0 Å². The van der Waals surface area contributed by atoms with Crippen LogP contribution in [0.5, 0.6) is 5.75 Å². The van der Waals surface area contributed by atoms with Crippen LogP contribution in [0.2, 0.25) is 0 Å². The molecule has 1 aromatic carbocycles. The molecule has 1 N–H and O–H groups in total. The standard InChI is InChI=1S/C38H64N2O5/c1-33(2,3)25-21-24(30(41)27(23-25)34(4,5)6)22-26(31(42)44-28-17-19-35(7,8)39(15)37(28,11)12)32(43)45-29-18-20-36(9,10)40(16)38(29,13)14/h21,23,26,28-29,41H,17-20,22H2,1-16H3. The Kier molecular flexibility index (Phi) is 10.1. The zero-order chi connectivity index (χ0) is 34.7. The molecule has 45 heavy (non-hydrogen) atoms. The summed E-state index contributed by atoms with van der Waals surface area (Å²) >= 11 is 0. The highest BCUT2D eigenvalue weighted by atomic mass is 16.6. The molecule has 3 rings (SSSR count). The molecule has 7 heteroatoms. The number of carbonyl (C=O) groups excluding carboxylic acids is 2. The first-order valence-corrected chi connectivity index (χ1v) is 16.9. The topological polar surface area (TPSA) is 79.3 Å². The van der Waals surface area contributed by atoms with Gasteiger partial charge < -0.3 is 14.6 Å². The van der Waals surface area contributed by atoms with Gasteiger partial charge in [-0.2, -0.15) is 0 Å². The Morgan fingerprint density at radius 2 is 1.18 bits per heavy atom. The lowest BCUT2D eigenvalue weighted by Crippen LogP contribution is -2.64. The van der Waals surface area contributed by atoms with Gasteiger partial charge in [0.25, 0.3) is 0 Å². The van der Waals surface area contributed by atoms with Gasteiger partial charge in [-0.05, 0) is 129 Å². The van der Waals surface area contributed by atoms with Crippen molar-refractivity contribution in [3.63, 3.8) is 0 Å². The number of carbonyl (C=O) groups is 2. The Hall–Kier alpha value is -2.12. The molecule has 0 radical (unpaired) electrons. The lowest BCUT2D eigenvalue weighted by Gasteiger charge is -2.54. The average molecular weight is 629 g/mol. The van der Waals surface area contributed by atoms with E-state index in [0.29, 0.717) is 18.4 Å². The third kappa shape index (κ3) is 7.56. The summed E-state index contributed by atoms with van der Waals surface area (Å²) in [5.41, 5.74) is 0.900. The van der Waals surface area contributed by atoms with Crippen LogP contribution in [0.15, 0.2) is 12.1 Å². The summed E-state index contributed by atoms with van der Waals surface area (Å²) in [5.74, 6) is -2.27. The summed E-state index contributed by atoms with van der Waals surface area (Å²) in [6.45, 7) is 29.7. The van der Waals surface area contributed by atoms with Gasteiger partial charge in [0.05, 0.1) is 11.1 Å². The number of rotatable bonds is 6. The number of likely N-dealkylation sites (N-methyl/N-ethyl adjacent to an activating group) is 2. The molecule has 2 aliphatic rings.